The molecular weight excluding hydrogens is 310 g/mol. The minimum absolute atomic E-state index is 0.0109. The minimum atomic E-state index is -0.0109. The third-order valence-electron chi connectivity index (χ3n) is 3.28. The summed E-state index contributed by atoms with van der Waals surface area (Å²) >= 11 is 1.50. The first-order valence-corrected chi connectivity index (χ1v) is 8.29. The van der Waals surface area contributed by atoms with Gasteiger partial charge >= 0.3 is 0 Å². The molecule has 2 heterocycles. The summed E-state index contributed by atoms with van der Waals surface area (Å²) in [7, 11) is 0. The van der Waals surface area contributed by atoms with Crippen LogP contribution >= 0.6 is 11.8 Å². The zero-order chi connectivity index (χ0) is 16.2. The van der Waals surface area contributed by atoms with E-state index in [-0.39, 0.29) is 5.91 Å². The summed E-state index contributed by atoms with van der Waals surface area (Å²) in [6, 6.07) is 11.3. The predicted molar refractivity (Wildman–Crippen MR) is 90.7 cm³/mol. The average Bonchev–Trinajstić information content (AvgIpc) is 2.91. The first-order valence-electron chi connectivity index (χ1n) is 7.30. The summed E-state index contributed by atoms with van der Waals surface area (Å²) < 4.78 is 1.91. The molecule has 0 aliphatic rings. The van der Waals surface area contributed by atoms with Gasteiger partial charge in [-0.05, 0) is 26.0 Å². The molecule has 3 rings (SSSR count). The van der Waals surface area contributed by atoms with Gasteiger partial charge in [-0.25, -0.2) is 4.98 Å². The number of nitrogens with zero attached hydrogens (tertiary/aromatic N) is 4. The van der Waals surface area contributed by atoms with Gasteiger partial charge in [-0.1, -0.05) is 30.0 Å². The van der Waals surface area contributed by atoms with Crippen LogP contribution in [-0.2, 0) is 4.79 Å². The number of hydrogen-bond acceptors (Lipinski definition) is 5. The Hall–Kier alpha value is -2.41. The van der Waals surface area contributed by atoms with Crippen molar-refractivity contribution in [2.45, 2.75) is 25.4 Å². The van der Waals surface area contributed by atoms with Crippen LogP contribution in [0.25, 0.3) is 5.65 Å². The van der Waals surface area contributed by atoms with Crippen LogP contribution < -0.4 is 5.32 Å². The molecule has 2 aromatic heterocycles. The lowest BCUT2D eigenvalue weighted by Crippen LogP contribution is -2.12. The van der Waals surface area contributed by atoms with Crippen molar-refractivity contribution in [1.82, 2.24) is 19.6 Å². The number of anilines is 1. The summed E-state index contributed by atoms with van der Waals surface area (Å²) in [5.41, 5.74) is 2.51. The highest BCUT2D eigenvalue weighted by Gasteiger charge is 2.11. The Morgan fingerprint density at radius 3 is 2.78 bits per heavy atom. The van der Waals surface area contributed by atoms with Crippen molar-refractivity contribution in [1.29, 1.82) is 0 Å². The average molecular weight is 327 g/mol. The zero-order valence-electron chi connectivity index (χ0n) is 13.0. The molecule has 0 bridgehead atoms. The van der Waals surface area contributed by atoms with Crippen LogP contribution in [-0.4, -0.2) is 31.2 Å². The molecule has 1 aromatic carbocycles. The van der Waals surface area contributed by atoms with Crippen molar-refractivity contribution in [3.63, 3.8) is 0 Å². The fourth-order valence-corrected chi connectivity index (χ4v) is 3.20. The molecule has 3 aromatic rings. The first-order chi connectivity index (χ1) is 11.1. The number of para-hydroxylation sites is 1. The summed E-state index contributed by atoms with van der Waals surface area (Å²) in [4.78, 5) is 16.4. The second-order valence-corrected chi connectivity index (χ2v) is 6.20. The second kappa shape index (κ2) is 6.78. The highest BCUT2D eigenvalue weighted by Crippen LogP contribution is 2.19. The Kier molecular flexibility index (Phi) is 4.57. The maximum atomic E-state index is 11.9. The quantitative estimate of drug-likeness (QED) is 0.730. The van der Waals surface area contributed by atoms with E-state index in [0.717, 1.165) is 28.0 Å². The molecule has 1 N–H and O–H groups in total. The smallest absolute Gasteiger partial charge is 0.225 e. The third kappa shape index (κ3) is 3.68. The van der Waals surface area contributed by atoms with Crippen LogP contribution in [0.5, 0.6) is 0 Å². The van der Waals surface area contributed by atoms with Gasteiger partial charge in [0.25, 0.3) is 0 Å². The van der Waals surface area contributed by atoms with Crippen LogP contribution in [0.4, 0.5) is 5.69 Å². The topological polar surface area (TPSA) is 72.2 Å². The molecular formula is C16H17N5OS. The molecule has 0 aliphatic heterocycles. The van der Waals surface area contributed by atoms with E-state index in [1.165, 1.54) is 11.8 Å². The van der Waals surface area contributed by atoms with E-state index in [9.17, 15) is 4.79 Å². The molecule has 1 amide bonds. The zero-order valence-corrected chi connectivity index (χ0v) is 13.8. The number of nitrogens with one attached hydrogen (secondary N) is 1. The Balaban J connectivity index is 1.60. The van der Waals surface area contributed by atoms with Gasteiger partial charge in [-0.2, -0.15) is 0 Å². The third-order valence-corrected chi connectivity index (χ3v) is 4.21. The molecule has 118 valence electrons. The SMILES string of the molecule is Cc1cc2nnc(SCCC(=O)Nc3ccccc3)n2c(C)n1. The molecule has 0 radical (unpaired) electrons. The van der Waals surface area contributed by atoms with Gasteiger partial charge in [0, 0.05) is 29.6 Å². The van der Waals surface area contributed by atoms with Crippen molar-refractivity contribution in [2.75, 3.05) is 11.1 Å². The largest absolute Gasteiger partial charge is 0.326 e. The molecule has 0 aliphatic carbocycles. The summed E-state index contributed by atoms with van der Waals surface area (Å²) in [6.45, 7) is 3.86. The maximum Gasteiger partial charge on any atom is 0.225 e. The van der Waals surface area contributed by atoms with Gasteiger partial charge < -0.3 is 5.32 Å². The van der Waals surface area contributed by atoms with Gasteiger partial charge in [0.1, 0.15) is 5.82 Å². The highest BCUT2D eigenvalue weighted by molar-refractivity contribution is 7.99. The standard InChI is InChI=1S/C16H17N5OS/c1-11-10-14-19-20-16(21(14)12(2)17-11)23-9-8-15(22)18-13-6-4-3-5-7-13/h3-7,10H,8-9H2,1-2H3,(H,18,22). The lowest BCUT2D eigenvalue weighted by atomic mass is 10.3. The maximum absolute atomic E-state index is 11.9. The van der Waals surface area contributed by atoms with Crippen LogP contribution in [0.15, 0.2) is 41.6 Å². The minimum Gasteiger partial charge on any atom is -0.326 e. The van der Waals surface area contributed by atoms with Crippen LogP contribution in [0.3, 0.4) is 0 Å². The molecule has 0 saturated heterocycles. The number of carbonyl (C=O) groups is 1. The summed E-state index contributed by atoms with van der Waals surface area (Å²) in [6.07, 6.45) is 0.410. The molecule has 0 unspecified atom stereocenters. The number of benzene rings is 1. The number of rotatable bonds is 5. The Labute approximate surface area is 138 Å². The molecule has 0 spiro atoms. The van der Waals surface area contributed by atoms with Gasteiger partial charge in [0.05, 0.1) is 0 Å². The van der Waals surface area contributed by atoms with E-state index < -0.39 is 0 Å². The van der Waals surface area contributed by atoms with Crippen LogP contribution in [0, 0.1) is 13.8 Å². The molecule has 0 fully saturated rings. The Morgan fingerprint density at radius 1 is 1.22 bits per heavy atom. The number of aryl methyl sites for hydroxylation is 2. The Morgan fingerprint density at radius 2 is 2.00 bits per heavy atom. The van der Waals surface area contributed by atoms with Gasteiger partial charge in [-0.3, -0.25) is 9.20 Å². The number of aromatic nitrogens is 4. The highest BCUT2D eigenvalue weighted by atomic mass is 32.2. The normalized spacial score (nSPS) is 10.9. The van der Waals surface area contributed by atoms with E-state index in [2.05, 4.69) is 20.5 Å². The fourth-order valence-electron chi connectivity index (χ4n) is 2.28. The van der Waals surface area contributed by atoms with E-state index in [0.29, 0.717) is 12.2 Å². The molecule has 7 heteroatoms. The first kappa shape index (κ1) is 15.5. The van der Waals surface area contributed by atoms with Crippen molar-refractivity contribution in [3.05, 3.63) is 47.9 Å². The van der Waals surface area contributed by atoms with E-state index >= 15 is 0 Å². The predicted octanol–water partition coefficient (Wildman–Crippen LogP) is 2.86. The summed E-state index contributed by atoms with van der Waals surface area (Å²) in [5.74, 6) is 1.47. The monoisotopic (exact) mass is 327 g/mol. The molecule has 0 atom stereocenters. The number of thioether (sulfide) groups is 1. The molecule has 0 saturated carbocycles. The lowest BCUT2D eigenvalue weighted by Gasteiger charge is -2.05. The van der Waals surface area contributed by atoms with E-state index in [1.807, 2.05) is 54.6 Å². The van der Waals surface area contributed by atoms with Crippen LogP contribution in [0.1, 0.15) is 17.9 Å². The van der Waals surface area contributed by atoms with E-state index in [4.69, 9.17) is 0 Å². The lowest BCUT2D eigenvalue weighted by molar-refractivity contribution is -0.115. The van der Waals surface area contributed by atoms with Crippen molar-refractivity contribution < 1.29 is 4.79 Å². The summed E-state index contributed by atoms with van der Waals surface area (Å²) in [5, 5.41) is 12.0. The van der Waals surface area contributed by atoms with E-state index in [1.54, 1.807) is 0 Å². The van der Waals surface area contributed by atoms with Crippen molar-refractivity contribution in [3.8, 4) is 0 Å². The number of hydrogen-bond donors (Lipinski definition) is 1. The van der Waals surface area contributed by atoms with Gasteiger partial charge in [0.2, 0.25) is 5.91 Å². The van der Waals surface area contributed by atoms with Gasteiger partial charge in [-0.15, -0.1) is 10.2 Å². The van der Waals surface area contributed by atoms with Crippen molar-refractivity contribution >= 4 is 29.0 Å². The number of carbonyl (C=O) groups excluding carboxylic acids is 1. The number of fused-ring (bicyclic) bond motifs is 1. The second-order valence-electron chi connectivity index (χ2n) is 5.13. The fraction of sp³-hybridized carbons (Fsp3) is 0.250. The number of amides is 1. The van der Waals surface area contributed by atoms with Crippen LogP contribution in [0.2, 0.25) is 0 Å². The molecule has 6 nitrogen and oxygen atoms in total. The van der Waals surface area contributed by atoms with Gasteiger partial charge in [0.15, 0.2) is 10.8 Å². The molecule has 23 heavy (non-hydrogen) atoms. The van der Waals surface area contributed by atoms with Crippen molar-refractivity contribution in [2.24, 2.45) is 0 Å². The Bertz CT molecular complexity index is 831.